The van der Waals surface area contributed by atoms with Crippen molar-refractivity contribution >= 4 is 15.7 Å². The molecule has 0 radical (unpaired) electrons. The summed E-state index contributed by atoms with van der Waals surface area (Å²) in [6.45, 7) is 2.68. The van der Waals surface area contributed by atoms with Crippen molar-refractivity contribution in [3.63, 3.8) is 0 Å². The number of nitrogens with one attached hydrogen (secondary N) is 1. The van der Waals surface area contributed by atoms with E-state index in [0.717, 1.165) is 11.1 Å². The number of pyridine rings is 1. The van der Waals surface area contributed by atoms with E-state index in [1.807, 2.05) is 23.1 Å². The minimum Gasteiger partial charge on any atom is -0.349 e. The predicted molar refractivity (Wildman–Crippen MR) is 105 cm³/mol. The van der Waals surface area contributed by atoms with E-state index in [2.05, 4.69) is 10.3 Å². The van der Waals surface area contributed by atoms with Gasteiger partial charge in [0, 0.05) is 25.5 Å². The van der Waals surface area contributed by atoms with Gasteiger partial charge in [-0.3, -0.25) is 14.7 Å². The maximum absolute atomic E-state index is 13.5. The molecule has 8 heteroatoms. The quantitative estimate of drug-likeness (QED) is 0.761. The molecular weight excluding hydrogens is 381 g/mol. The Labute approximate surface area is 164 Å². The summed E-state index contributed by atoms with van der Waals surface area (Å²) >= 11 is 0. The topological polar surface area (TPSA) is 79.4 Å². The number of amides is 1. The third-order valence-electron chi connectivity index (χ3n) is 4.74. The molecule has 28 heavy (non-hydrogen) atoms. The van der Waals surface area contributed by atoms with Crippen LogP contribution in [0, 0.1) is 5.82 Å². The normalized spacial score (nSPS) is 21.0. The maximum Gasteiger partial charge on any atom is 0.234 e. The lowest BCUT2D eigenvalue weighted by molar-refractivity contribution is -0.124. The van der Waals surface area contributed by atoms with Crippen LogP contribution in [0.15, 0.2) is 48.8 Å². The highest BCUT2D eigenvalue weighted by Crippen LogP contribution is 2.22. The summed E-state index contributed by atoms with van der Waals surface area (Å²) in [4.78, 5) is 18.6. The van der Waals surface area contributed by atoms with Crippen LogP contribution in [0.5, 0.6) is 0 Å². The monoisotopic (exact) mass is 405 g/mol. The number of nitrogens with zero attached hydrogens (tertiary/aromatic N) is 2. The van der Waals surface area contributed by atoms with Gasteiger partial charge < -0.3 is 5.32 Å². The number of carbonyl (C=O) groups is 1. The Hall–Kier alpha value is -2.32. The molecule has 1 unspecified atom stereocenters. The molecular formula is C20H24FN3O3S. The van der Waals surface area contributed by atoms with Crippen molar-refractivity contribution in [2.45, 2.75) is 32.0 Å². The largest absolute Gasteiger partial charge is 0.349 e. The lowest BCUT2D eigenvalue weighted by atomic mass is 10.0. The van der Waals surface area contributed by atoms with E-state index in [1.165, 1.54) is 12.1 Å². The summed E-state index contributed by atoms with van der Waals surface area (Å²) in [7, 11) is -3.11. The fourth-order valence-corrected chi connectivity index (χ4v) is 5.59. The summed E-state index contributed by atoms with van der Waals surface area (Å²) in [6, 6.07) is 10.00. The number of aromatic nitrogens is 1. The Bertz CT molecular complexity index is 937. The van der Waals surface area contributed by atoms with Crippen molar-refractivity contribution in [2.24, 2.45) is 0 Å². The Balaban J connectivity index is 1.70. The molecule has 1 atom stereocenters. The van der Waals surface area contributed by atoms with Gasteiger partial charge in [-0.2, -0.15) is 0 Å². The lowest BCUT2D eigenvalue weighted by Gasteiger charge is -2.27. The van der Waals surface area contributed by atoms with Gasteiger partial charge in [0.25, 0.3) is 0 Å². The molecule has 0 saturated carbocycles. The zero-order valence-corrected chi connectivity index (χ0v) is 16.6. The molecule has 1 N–H and O–H groups in total. The third kappa shape index (κ3) is 5.84. The first kappa shape index (κ1) is 20.4. The number of rotatable bonds is 7. The van der Waals surface area contributed by atoms with Crippen molar-refractivity contribution in [3.05, 3.63) is 65.7 Å². The van der Waals surface area contributed by atoms with Crippen LogP contribution in [0.4, 0.5) is 4.39 Å². The van der Waals surface area contributed by atoms with Gasteiger partial charge in [0.15, 0.2) is 9.84 Å². The lowest BCUT2D eigenvalue weighted by Crippen LogP contribution is -2.50. The molecule has 2 aromatic rings. The standard InChI is InChI=1S/C20H24FN3O3S/c1-20(7-9-28(26,27)15-20)23-19(25)14-24(13-17-5-3-8-22-11-17)12-16-4-2-6-18(21)10-16/h2-6,8,10-11H,7,9,12-15H2,1H3,(H,23,25). The van der Waals surface area contributed by atoms with Crippen molar-refractivity contribution in [3.8, 4) is 0 Å². The highest BCUT2D eigenvalue weighted by atomic mass is 32.2. The summed E-state index contributed by atoms with van der Waals surface area (Å²) < 4.78 is 37.1. The molecule has 2 heterocycles. The summed E-state index contributed by atoms with van der Waals surface area (Å²) in [5.74, 6) is -0.531. The van der Waals surface area contributed by atoms with E-state index in [4.69, 9.17) is 0 Å². The van der Waals surface area contributed by atoms with Crippen LogP contribution in [0.1, 0.15) is 24.5 Å². The van der Waals surface area contributed by atoms with Crippen LogP contribution in [-0.4, -0.2) is 47.8 Å². The van der Waals surface area contributed by atoms with Crippen LogP contribution in [0.25, 0.3) is 0 Å². The molecule has 0 spiro atoms. The molecule has 1 amide bonds. The van der Waals surface area contributed by atoms with Crippen molar-refractivity contribution in [1.29, 1.82) is 0 Å². The molecule has 150 valence electrons. The zero-order valence-electron chi connectivity index (χ0n) is 15.8. The molecule has 1 fully saturated rings. The van der Waals surface area contributed by atoms with Crippen LogP contribution in [0.2, 0.25) is 0 Å². The molecule has 3 rings (SSSR count). The molecule has 6 nitrogen and oxygen atoms in total. The van der Waals surface area contributed by atoms with E-state index < -0.39 is 15.4 Å². The molecule has 0 aliphatic carbocycles. The second kappa shape index (κ2) is 8.36. The van der Waals surface area contributed by atoms with E-state index in [1.54, 1.807) is 25.4 Å². The maximum atomic E-state index is 13.5. The van der Waals surface area contributed by atoms with E-state index in [-0.39, 0.29) is 29.8 Å². The van der Waals surface area contributed by atoms with E-state index in [0.29, 0.717) is 19.5 Å². The minimum absolute atomic E-state index is 0.0434. The SMILES string of the molecule is CC1(NC(=O)CN(Cc2cccnc2)Cc2cccc(F)c2)CCS(=O)(=O)C1. The van der Waals surface area contributed by atoms with Gasteiger partial charge in [0.05, 0.1) is 23.6 Å². The van der Waals surface area contributed by atoms with Crippen molar-refractivity contribution in [2.75, 3.05) is 18.1 Å². The van der Waals surface area contributed by atoms with Crippen LogP contribution in [-0.2, 0) is 27.7 Å². The highest BCUT2D eigenvalue weighted by molar-refractivity contribution is 7.91. The first-order chi connectivity index (χ1) is 13.2. The summed E-state index contributed by atoms with van der Waals surface area (Å²) in [6.07, 6.45) is 3.81. The van der Waals surface area contributed by atoms with Gasteiger partial charge in [-0.15, -0.1) is 0 Å². The van der Waals surface area contributed by atoms with Crippen molar-refractivity contribution in [1.82, 2.24) is 15.2 Å². The number of sulfone groups is 1. The Morgan fingerprint density at radius 2 is 2.00 bits per heavy atom. The first-order valence-corrected chi connectivity index (χ1v) is 10.9. The van der Waals surface area contributed by atoms with Gasteiger partial charge >= 0.3 is 0 Å². The number of halogens is 1. The van der Waals surface area contributed by atoms with Crippen LogP contribution in [0.3, 0.4) is 0 Å². The number of carbonyl (C=O) groups excluding carboxylic acids is 1. The fourth-order valence-electron chi connectivity index (χ4n) is 3.50. The fraction of sp³-hybridized carbons (Fsp3) is 0.400. The molecule has 0 bridgehead atoms. The van der Waals surface area contributed by atoms with E-state index in [9.17, 15) is 17.6 Å². The Morgan fingerprint density at radius 3 is 2.64 bits per heavy atom. The van der Waals surface area contributed by atoms with Gasteiger partial charge in [0.2, 0.25) is 5.91 Å². The minimum atomic E-state index is -3.11. The molecule has 1 aliphatic heterocycles. The van der Waals surface area contributed by atoms with Gasteiger partial charge in [-0.25, -0.2) is 12.8 Å². The molecule has 1 aliphatic rings. The van der Waals surface area contributed by atoms with Crippen molar-refractivity contribution < 1.29 is 17.6 Å². The van der Waals surface area contributed by atoms with Crippen LogP contribution < -0.4 is 5.32 Å². The second-order valence-corrected chi connectivity index (χ2v) is 9.77. The number of benzene rings is 1. The average molecular weight is 405 g/mol. The second-order valence-electron chi connectivity index (χ2n) is 7.59. The molecule has 1 aromatic carbocycles. The number of hydrogen-bond donors (Lipinski definition) is 1. The summed E-state index contributed by atoms with van der Waals surface area (Å²) in [5.41, 5.74) is 0.946. The Kier molecular flexibility index (Phi) is 6.10. The molecule has 1 aromatic heterocycles. The zero-order chi connectivity index (χ0) is 20.2. The third-order valence-corrected chi connectivity index (χ3v) is 6.64. The summed E-state index contributed by atoms with van der Waals surface area (Å²) in [5, 5.41) is 2.87. The molecule has 1 saturated heterocycles. The number of hydrogen-bond acceptors (Lipinski definition) is 5. The van der Waals surface area contributed by atoms with Gasteiger partial charge in [0.1, 0.15) is 5.82 Å². The van der Waals surface area contributed by atoms with Gasteiger partial charge in [-0.05, 0) is 42.7 Å². The Morgan fingerprint density at radius 1 is 1.25 bits per heavy atom. The first-order valence-electron chi connectivity index (χ1n) is 9.10. The smallest absolute Gasteiger partial charge is 0.234 e. The van der Waals surface area contributed by atoms with Crippen LogP contribution >= 0.6 is 0 Å². The predicted octanol–water partition coefficient (Wildman–Crippen LogP) is 1.92. The van der Waals surface area contributed by atoms with E-state index >= 15 is 0 Å². The highest BCUT2D eigenvalue weighted by Gasteiger charge is 2.39. The average Bonchev–Trinajstić information content (AvgIpc) is 2.88. The van der Waals surface area contributed by atoms with Gasteiger partial charge in [-0.1, -0.05) is 18.2 Å².